The van der Waals surface area contributed by atoms with Crippen molar-refractivity contribution >= 4 is 17.0 Å². The topological polar surface area (TPSA) is 15.8 Å². The Morgan fingerprint density at radius 2 is 2.14 bits per heavy atom. The summed E-state index contributed by atoms with van der Waals surface area (Å²) in [5.74, 6) is 1.62. The predicted molar refractivity (Wildman–Crippen MR) is 58.2 cm³/mol. The minimum absolute atomic E-state index is 0.794. The van der Waals surface area contributed by atoms with Gasteiger partial charge < -0.3 is 4.98 Å². The molecule has 4 rings (SSSR count). The molecule has 14 heavy (non-hydrogen) atoms. The SMILES string of the molecule is C1=CC2CC2c2[nH]c3ccccc3c21. The van der Waals surface area contributed by atoms with Gasteiger partial charge in [-0.1, -0.05) is 30.4 Å². The first kappa shape index (κ1) is 6.88. The summed E-state index contributed by atoms with van der Waals surface area (Å²) in [6.45, 7) is 0. The van der Waals surface area contributed by atoms with Gasteiger partial charge in [0.05, 0.1) is 0 Å². The third-order valence-corrected chi connectivity index (χ3v) is 3.50. The number of hydrogen-bond acceptors (Lipinski definition) is 0. The molecule has 0 spiro atoms. The molecule has 0 bridgehead atoms. The Bertz CT molecular complexity index is 547. The molecule has 0 saturated heterocycles. The first-order valence-electron chi connectivity index (χ1n) is 5.22. The summed E-state index contributed by atoms with van der Waals surface area (Å²) in [5.41, 5.74) is 4.19. The fraction of sp³-hybridized carbons (Fsp3) is 0.231. The fourth-order valence-corrected chi connectivity index (χ4v) is 2.64. The molecule has 1 saturated carbocycles. The second-order valence-electron chi connectivity index (χ2n) is 4.36. The number of nitrogens with one attached hydrogen (secondary N) is 1. The number of hydrogen-bond donors (Lipinski definition) is 1. The van der Waals surface area contributed by atoms with E-state index in [1.54, 1.807) is 0 Å². The van der Waals surface area contributed by atoms with E-state index in [2.05, 4.69) is 41.4 Å². The van der Waals surface area contributed by atoms with E-state index in [-0.39, 0.29) is 0 Å². The molecule has 0 aliphatic heterocycles. The van der Waals surface area contributed by atoms with E-state index < -0.39 is 0 Å². The zero-order valence-electron chi connectivity index (χ0n) is 7.83. The quantitative estimate of drug-likeness (QED) is 0.641. The van der Waals surface area contributed by atoms with E-state index in [9.17, 15) is 0 Å². The lowest BCUT2D eigenvalue weighted by Gasteiger charge is -2.02. The minimum atomic E-state index is 0.794. The van der Waals surface area contributed by atoms with Crippen molar-refractivity contribution in [2.24, 2.45) is 5.92 Å². The largest absolute Gasteiger partial charge is 0.358 e. The lowest BCUT2D eigenvalue weighted by molar-refractivity contribution is 0.962. The van der Waals surface area contributed by atoms with Crippen LogP contribution in [0.5, 0.6) is 0 Å². The highest BCUT2D eigenvalue weighted by Crippen LogP contribution is 2.53. The highest BCUT2D eigenvalue weighted by Gasteiger charge is 2.41. The standard InChI is InChI=1S/C13H11N/c1-2-4-12-9(3-1)10-6-5-8-7-11(8)13(10)14-12/h1-6,8,11,14H,7H2. The van der Waals surface area contributed by atoms with Crippen LogP contribution in [0.3, 0.4) is 0 Å². The van der Waals surface area contributed by atoms with Gasteiger partial charge in [0.2, 0.25) is 0 Å². The van der Waals surface area contributed by atoms with Crippen LogP contribution < -0.4 is 0 Å². The molecule has 1 heteroatoms. The Labute approximate surface area is 82.4 Å². The van der Waals surface area contributed by atoms with Crippen LogP contribution in [0.1, 0.15) is 23.6 Å². The van der Waals surface area contributed by atoms with Crippen LogP contribution in [-0.2, 0) is 0 Å². The van der Waals surface area contributed by atoms with Gasteiger partial charge in [0.15, 0.2) is 0 Å². The third-order valence-electron chi connectivity index (χ3n) is 3.50. The molecule has 1 aromatic carbocycles. The summed E-state index contributed by atoms with van der Waals surface area (Å²) in [6, 6.07) is 8.58. The highest BCUT2D eigenvalue weighted by molar-refractivity contribution is 5.91. The van der Waals surface area contributed by atoms with Gasteiger partial charge >= 0.3 is 0 Å². The van der Waals surface area contributed by atoms with Gasteiger partial charge in [0.25, 0.3) is 0 Å². The molecule has 1 nitrogen and oxygen atoms in total. The van der Waals surface area contributed by atoms with E-state index in [1.807, 2.05) is 0 Å². The minimum Gasteiger partial charge on any atom is -0.358 e. The van der Waals surface area contributed by atoms with Gasteiger partial charge in [-0.05, 0) is 18.4 Å². The number of H-pyrrole nitrogens is 1. The van der Waals surface area contributed by atoms with Gasteiger partial charge in [0, 0.05) is 28.1 Å². The van der Waals surface area contributed by atoms with E-state index in [1.165, 1.54) is 28.6 Å². The van der Waals surface area contributed by atoms with Crippen LogP contribution in [0.4, 0.5) is 0 Å². The predicted octanol–water partition coefficient (Wildman–Crippen LogP) is 3.30. The number of aromatic nitrogens is 1. The van der Waals surface area contributed by atoms with Crippen LogP contribution >= 0.6 is 0 Å². The molecule has 1 aromatic heterocycles. The van der Waals surface area contributed by atoms with E-state index in [0.29, 0.717) is 0 Å². The number of para-hydroxylation sites is 1. The molecule has 2 aliphatic carbocycles. The van der Waals surface area contributed by atoms with Crippen LogP contribution in [0.2, 0.25) is 0 Å². The normalized spacial score (nSPS) is 27.4. The zero-order chi connectivity index (χ0) is 9.12. The summed E-state index contributed by atoms with van der Waals surface area (Å²) in [4.78, 5) is 3.56. The molecule has 1 N–H and O–H groups in total. The Kier molecular flexibility index (Phi) is 1.04. The number of allylic oxidation sites excluding steroid dienone is 1. The van der Waals surface area contributed by atoms with Gasteiger partial charge in [-0.15, -0.1) is 0 Å². The molecular formula is C13H11N. The molecular weight excluding hydrogens is 170 g/mol. The van der Waals surface area contributed by atoms with Gasteiger partial charge in [0.1, 0.15) is 0 Å². The molecule has 1 fully saturated rings. The lowest BCUT2D eigenvalue weighted by atomic mass is 10.0. The monoisotopic (exact) mass is 181 g/mol. The van der Waals surface area contributed by atoms with Crippen molar-refractivity contribution in [1.82, 2.24) is 4.98 Å². The maximum absolute atomic E-state index is 3.56. The second kappa shape index (κ2) is 2.11. The molecule has 2 atom stereocenters. The average molecular weight is 181 g/mol. The smallest absolute Gasteiger partial charge is 0.0462 e. The van der Waals surface area contributed by atoms with Crippen molar-refractivity contribution in [3.63, 3.8) is 0 Å². The summed E-state index contributed by atoms with van der Waals surface area (Å²) in [7, 11) is 0. The van der Waals surface area contributed by atoms with Crippen molar-refractivity contribution in [2.75, 3.05) is 0 Å². The fourth-order valence-electron chi connectivity index (χ4n) is 2.64. The van der Waals surface area contributed by atoms with E-state index in [4.69, 9.17) is 0 Å². The van der Waals surface area contributed by atoms with Crippen LogP contribution in [0, 0.1) is 5.92 Å². The maximum Gasteiger partial charge on any atom is 0.0462 e. The van der Waals surface area contributed by atoms with Crippen molar-refractivity contribution in [3.05, 3.63) is 41.6 Å². The molecule has 2 aliphatic rings. The molecule has 1 heterocycles. The Hall–Kier alpha value is -1.50. The molecule has 0 amide bonds. The average Bonchev–Trinajstić information content (AvgIpc) is 2.92. The summed E-state index contributed by atoms with van der Waals surface area (Å²) < 4.78 is 0. The maximum atomic E-state index is 3.56. The first-order chi connectivity index (χ1) is 6.93. The Balaban J connectivity index is 2.14. The van der Waals surface area contributed by atoms with Crippen molar-refractivity contribution in [3.8, 4) is 0 Å². The summed E-state index contributed by atoms with van der Waals surface area (Å²) in [6.07, 6.45) is 6.01. The van der Waals surface area contributed by atoms with Crippen LogP contribution in [0.25, 0.3) is 17.0 Å². The second-order valence-corrected chi connectivity index (χ2v) is 4.36. The van der Waals surface area contributed by atoms with Gasteiger partial charge in [-0.25, -0.2) is 0 Å². The van der Waals surface area contributed by atoms with E-state index in [0.717, 1.165) is 11.8 Å². The van der Waals surface area contributed by atoms with Crippen LogP contribution in [0.15, 0.2) is 30.3 Å². The van der Waals surface area contributed by atoms with Crippen molar-refractivity contribution in [2.45, 2.75) is 12.3 Å². The highest BCUT2D eigenvalue weighted by atomic mass is 14.8. The molecule has 2 unspecified atom stereocenters. The molecule has 2 aromatic rings. The van der Waals surface area contributed by atoms with Crippen molar-refractivity contribution < 1.29 is 0 Å². The first-order valence-corrected chi connectivity index (χ1v) is 5.22. The third kappa shape index (κ3) is 0.711. The number of fused-ring (bicyclic) bond motifs is 5. The van der Waals surface area contributed by atoms with Crippen molar-refractivity contribution in [1.29, 1.82) is 0 Å². The molecule has 0 radical (unpaired) electrons. The number of rotatable bonds is 0. The number of benzene rings is 1. The van der Waals surface area contributed by atoms with Gasteiger partial charge in [-0.3, -0.25) is 0 Å². The zero-order valence-corrected chi connectivity index (χ0v) is 7.83. The summed E-state index contributed by atoms with van der Waals surface area (Å²) >= 11 is 0. The lowest BCUT2D eigenvalue weighted by Crippen LogP contribution is -1.89. The number of aromatic amines is 1. The van der Waals surface area contributed by atoms with Gasteiger partial charge in [-0.2, -0.15) is 0 Å². The Morgan fingerprint density at radius 3 is 3.14 bits per heavy atom. The summed E-state index contributed by atoms with van der Waals surface area (Å²) in [5, 5.41) is 1.38. The Morgan fingerprint density at radius 1 is 1.21 bits per heavy atom. The van der Waals surface area contributed by atoms with Crippen LogP contribution in [-0.4, -0.2) is 4.98 Å². The molecule has 68 valence electrons. The van der Waals surface area contributed by atoms with E-state index >= 15 is 0 Å².